The maximum atomic E-state index is 14.7. The van der Waals surface area contributed by atoms with Crippen molar-refractivity contribution in [1.29, 1.82) is 0 Å². The summed E-state index contributed by atoms with van der Waals surface area (Å²) in [5.41, 5.74) is -1.11. The zero-order valence-electron chi connectivity index (χ0n) is 13.5. The van der Waals surface area contributed by atoms with E-state index >= 15 is 0 Å². The van der Waals surface area contributed by atoms with Crippen LogP contribution in [0, 0.1) is 0 Å². The molecular formula is C18H14F5IO2. The van der Waals surface area contributed by atoms with Gasteiger partial charge in [0.15, 0.2) is 3.42 Å². The first-order valence-electron chi connectivity index (χ1n) is 7.42. The third kappa shape index (κ3) is 4.33. The molecule has 0 spiro atoms. The second kappa shape index (κ2) is 7.50. The molecule has 1 atom stereocenters. The number of halogens is 6. The maximum Gasteiger partial charge on any atom is 0.416 e. The maximum absolute atomic E-state index is 14.7. The van der Waals surface area contributed by atoms with Crippen LogP contribution in [-0.2, 0) is 28.2 Å². The molecule has 0 amide bonds. The molecule has 2 aromatic rings. The van der Waals surface area contributed by atoms with Crippen molar-refractivity contribution in [3.8, 4) is 0 Å². The van der Waals surface area contributed by atoms with E-state index in [0.717, 1.165) is 6.92 Å². The highest BCUT2D eigenvalue weighted by atomic mass is 127. The molecule has 0 heterocycles. The third-order valence-corrected chi connectivity index (χ3v) is 4.88. The average molecular weight is 484 g/mol. The fourth-order valence-corrected chi connectivity index (χ4v) is 2.59. The Morgan fingerprint density at radius 3 is 1.92 bits per heavy atom. The Hall–Kier alpha value is -1.71. The van der Waals surface area contributed by atoms with E-state index in [9.17, 15) is 26.7 Å². The minimum atomic E-state index is -4.63. The van der Waals surface area contributed by atoms with Crippen LogP contribution < -0.4 is 0 Å². The van der Waals surface area contributed by atoms with Crippen LogP contribution in [0.25, 0.3) is 0 Å². The molecule has 0 radical (unpaired) electrons. The van der Waals surface area contributed by atoms with Crippen molar-refractivity contribution in [1.82, 2.24) is 0 Å². The van der Waals surface area contributed by atoms with Crippen molar-refractivity contribution in [2.45, 2.75) is 29.1 Å². The highest BCUT2D eigenvalue weighted by molar-refractivity contribution is 14.1. The number of hydrogen-bond acceptors (Lipinski definition) is 2. The van der Waals surface area contributed by atoms with E-state index in [4.69, 9.17) is 4.74 Å². The van der Waals surface area contributed by atoms with Gasteiger partial charge in [-0.15, -0.1) is 0 Å². The van der Waals surface area contributed by atoms with Crippen LogP contribution in [-0.4, -0.2) is 9.39 Å². The SMILES string of the molecule is CC(I)(C(=O)OCc1ccccc1)C(F)(F)c1ccc(C(F)(F)F)cc1. The Balaban J connectivity index is 2.18. The van der Waals surface area contributed by atoms with Crippen molar-refractivity contribution < 1.29 is 31.5 Å². The van der Waals surface area contributed by atoms with Gasteiger partial charge < -0.3 is 4.74 Å². The van der Waals surface area contributed by atoms with E-state index < -0.39 is 32.6 Å². The predicted octanol–water partition coefficient (Wildman–Crippen LogP) is 5.73. The first kappa shape index (κ1) is 20.6. The molecule has 0 aliphatic rings. The summed E-state index contributed by atoms with van der Waals surface area (Å²) in [4.78, 5) is 12.2. The summed E-state index contributed by atoms with van der Waals surface area (Å²) < 4.78 is 69.9. The lowest BCUT2D eigenvalue weighted by molar-refractivity contribution is -0.158. The van der Waals surface area contributed by atoms with Crippen molar-refractivity contribution in [2.75, 3.05) is 0 Å². The molecule has 0 N–H and O–H groups in total. The van der Waals surface area contributed by atoms with Crippen molar-refractivity contribution in [2.24, 2.45) is 0 Å². The monoisotopic (exact) mass is 484 g/mol. The van der Waals surface area contributed by atoms with E-state index in [-0.39, 0.29) is 6.61 Å². The molecule has 8 heteroatoms. The van der Waals surface area contributed by atoms with Crippen LogP contribution in [0.3, 0.4) is 0 Å². The largest absolute Gasteiger partial charge is 0.460 e. The van der Waals surface area contributed by atoms with E-state index in [1.165, 1.54) is 22.6 Å². The Labute approximate surface area is 160 Å². The first-order valence-corrected chi connectivity index (χ1v) is 8.50. The van der Waals surface area contributed by atoms with Gasteiger partial charge in [0.25, 0.3) is 5.92 Å². The standard InChI is InChI=1S/C18H14F5IO2/c1-16(24,15(25)26-11-12-5-3-2-4-6-12)17(19,20)13-7-9-14(10-8-13)18(21,22)23/h2-10H,11H2,1H3. The number of rotatable bonds is 5. The van der Waals surface area contributed by atoms with Crippen molar-refractivity contribution in [3.63, 3.8) is 0 Å². The lowest BCUT2D eigenvalue weighted by Gasteiger charge is -2.30. The molecule has 140 valence electrons. The Bertz CT molecular complexity index is 755. The molecule has 1 unspecified atom stereocenters. The van der Waals surface area contributed by atoms with Gasteiger partial charge >= 0.3 is 12.1 Å². The molecule has 2 rings (SSSR count). The second-order valence-corrected chi connectivity index (χ2v) is 7.87. The molecule has 2 aromatic carbocycles. The van der Waals surface area contributed by atoms with E-state index in [0.29, 0.717) is 29.8 Å². The summed E-state index contributed by atoms with van der Waals surface area (Å²) in [6.45, 7) is 0.805. The molecule has 0 saturated heterocycles. The fraction of sp³-hybridized carbons (Fsp3) is 0.278. The van der Waals surface area contributed by atoms with Gasteiger partial charge in [-0.2, -0.15) is 22.0 Å². The predicted molar refractivity (Wildman–Crippen MR) is 94.0 cm³/mol. The normalized spacial score (nSPS) is 14.6. The van der Waals surface area contributed by atoms with Crippen LogP contribution in [0.1, 0.15) is 23.6 Å². The van der Waals surface area contributed by atoms with Gasteiger partial charge in [-0.05, 0) is 24.6 Å². The van der Waals surface area contributed by atoms with Gasteiger partial charge in [-0.1, -0.05) is 65.1 Å². The Morgan fingerprint density at radius 2 is 1.42 bits per heavy atom. The summed E-state index contributed by atoms with van der Waals surface area (Å²) in [5.74, 6) is -4.89. The number of esters is 1. The Morgan fingerprint density at radius 1 is 0.923 bits per heavy atom. The van der Waals surface area contributed by atoms with Crippen LogP contribution in [0.2, 0.25) is 0 Å². The fourth-order valence-electron chi connectivity index (χ4n) is 2.13. The number of ether oxygens (including phenoxy) is 1. The molecule has 26 heavy (non-hydrogen) atoms. The summed E-state index contributed by atoms with van der Waals surface area (Å²) in [7, 11) is 0. The highest BCUT2D eigenvalue weighted by Gasteiger charge is 2.56. The molecule has 0 aliphatic carbocycles. The van der Waals surface area contributed by atoms with Gasteiger partial charge in [0.1, 0.15) is 6.61 Å². The van der Waals surface area contributed by atoms with Gasteiger partial charge in [-0.3, -0.25) is 4.79 Å². The molecule has 0 bridgehead atoms. The van der Waals surface area contributed by atoms with Crippen molar-refractivity contribution >= 4 is 28.6 Å². The summed E-state index contributed by atoms with van der Waals surface area (Å²) in [6, 6.07) is 11.0. The minimum Gasteiger partial charge on any atom is -0.460 e. The van der Waals surface area contributed by atoms with Gasteiger partial charge in [0.05, 0.1) is 5.56 Å². The van der Waals surface area contributed by atoms with Crippen molar-refractivity contribution in [3.05, 3.63) is 71.3 Å². The molecule has 0 aromatic heterocycles. The van der Waals surface area contributed by atoms with Crippen LogP contribution in [0.5, 0.6) is 0 Å². The lowest BCUT2D eigenvalue weighted by atomic mass is 9.95. The molecule has 2 nitrogen and oxygen atoms in total. The van der Waals surface area contributed by atoms with Crippen LogP contribution in [0.4, 0.5) is 22.0 Å². The lowest BCUT2D eigenvalue weighted by Crippen LogP contribution is -2.45. The summed E-state index contributed by atoms with van der Waals surface area (Å²) >= 11 is 1.27. The quantitative estimate of drug-likeness (QED) is 0.235. The van der Waals surface area contributed by atoms with E-state index in [2.05, 4.69) is 0 Å². The van der Waals surface area contributed by atoms with E-state index in [1.54, 1.807) is 30.3 Å². The Kier molecular flexibility index (Phi) is 5.94. The first-order chi connectivity index (χ1) is 12.0. The third-order valence-electron chi connectivity index (χ3n) is 3.76. The van der Waals surface area contributed by atoms with Gasteiger partial charge in [0, 0.05) is 5.56 Å². The smallest absolute Gasteiger partial charge is 0.416 e. The number of carbonyl (C=O) groups excluding carboxylic acids is 1. The van der Waals surface area contributed by atoms with Gasteiger partial charge in [0.2, 0.25) is 0 Å². The van der Waals surface area contributed by atoms with Gasteiger partial charge in [-0.25, -0.2) is 0 Å². The number of hydrogen-bond donors (Lipinski definition) is 0. The average Bonchev–Trinajstić information content (AvgIpc) is 2.59. The topological polar surface area (TPSA) is 26.3 Å². The van der Waals surface area contributed by atoms with Crippen LogP contribution in [0.15, 0.2) is 54.6 Å². The zero-order valence-corrected chi connectivity index (χ0v) is 15.6. The number of carbonyl (C=O) groups is 1. The molecule has 0 saturated carbocycles. The molecular weight excluding hydrogens is 470 g/mol. The minimum absolute atomic E-state index is 0.179. The van der Waals surface area contributed by atoms with E-state index in [1.807, 2.05) is 0 Å². The zero-order chi connectivity index (χ0) is 19.6. The summed E-state index contributed by atoms with van der Waals surface area (Å²) in [5, 5.41) is 0. The number of benzene rings is 2. The molecule has 0 aliphatic heterocycles. The second-order valence-electron chi connectivity index (χ2n) is 5.71. The van der Waals surface area contributed by atoms with Crippen LogP contribution >= 0.6 is 22.6 Å². The molecule has 0 fully saturated rings. The highest BCUT2D eigenvalue weighted by Crippen LogP contribution is 2.46. The summed E-state index contributed by atoms with van der Waals surface area (Å²) in [6.07, 6.45) is -4.63. The number of alkyl halides is 6.